The molecule has 2 heterocycles. The molecule has 0 radical (unpaired) electrons. The summed E-state index contributed by atoms with van der Waals surface area (Å²) in [6.45, 7) is 5.35. The van der Waals surface area contributed by atoms with Crippen LogP contribution in [-0.2, 0) is 0 Å². The number of rotatable bonds is 2. The number of likely N-dealkylation sites (tertiary alicyclic amines) is 1. The van der Waals surface area contributed by atoms with Gasteiger partial charge in [-0.2, -0.15) is 0 Å². The smallest absolute Gasteiger partial charge is 0.259 e. The molecule has 1 N–H and O–H groups in total. The number of aromatic amines is 1. The van der Waals surface area contributed by atoms with Crippen LogP contribution in [-0.4, -0.2) is 28.9 Å². The molecule has 0 bridgehead atoms. The van der Waals surface area contributed by atoms with Crippen molar-refractivity contribution in [1.29, 1.82) is 0 Å². The largest absolute Gasteiger partial charge is 0.364 e. The van der Waals surface area contributed by atoms with Crippen molar-refractivity contribution in [3.05, 3.63) is 69.1 Å². The fraction of sp³-hybridized carbons (Fsp3) is 0.368. The molecule has 1 aliphatic rings. The summed E-state index contributed by atoms with van der Waals surface area (Å²) in [5, 5.41) is 0. The second-order valence-corrected chi connectivity index (χ2v) is 6.32. The predicted molar refractivity (Wildman–Crippen MR) is 90.9 cm³/mol. The zero-order valence-electron chi connectivity index (χ0n) is 13.6. The van der Waals surface area contributed by atoms with Crippen LogP contribution in [0.25, 0.3) is 0 Å². The van der Waals surface area contributed by atoms with E-state index >= 15 is 0 Å². The van der Waals surface area contributed by atoms with E-state index in [1.807, 2.05) is 6.92 Å². The van der Waals surface area contributed by atoms with E-state index in [9.17, 15) is 9.59 Å². The van der Waals surface area contributed by atoms with Gasteiger partial charge in [0.2, 0.25) is 0 Å². The van der Waals surface area contributed by atoms with Gasteiger partial charge in [-0.25, -0.2) is 0 Å². The van der Waals surface area contributed by atoms with E-state index < -0.39 is 0 Å². The highest BCUT2D eigenvalue weighted by Crippen LogP contribution is 2.30. The third kappa shape index (κ3) is 3.21. The van der Waals surface area contributed by atoms with Crippen LogP contribution < -0.4 is 5.43 Å². The normalized spacial score (nSPS) is 15.7. The van der Waals surface area contributed by atoms with E-state index in [0.717, 1.165) is 18.5 Å². The maximum absolute atomic E-state index is 12.5. The number of amides is 1. The van der Waals surface area contributed by atoms with Crippen molar-refractivity contribution in [2.75, 3.05) is 13.1 Å². The van der Waals surface area contributed by atoms with E-state index in [4.69, 9.17) is 0 Å². The molecule has 2 aromatic rings. The number of aromatic nitrogens is 1. The summed E-state index contributed by atoms with van der Waals surface area (Å²) in [5.74, 6) is 0.339. The lowest BCUT2D eigenvalue weighted by Crippen LogP contribution is -2.40. The Morgan fingerprint density at radius 2 is 1.87 bits per heavy atom. The number of aryl methyl sites for hydroxylation is 2. The average molecular weight is 310 g/mol. The van der Waals surface area contributed by atoms with Crippen LogP contribution >= 0.6 is 0 Å². The molecule has 1 aromatic carbocycles. The number of carbonyl (C=O) groups excluding carboxylic acids is 1. The molecular formula is C19H22N2O2. The highest BCUT2D eigenvalue weighted by atomic mass is 16.2. The number of H-pyrrole nitrogens is 1. The molecule has 1 aliphatic heterocycles. The Bertz CT molecular complexity index is 771. The zero-order chi connectivity index (χ0) is 16.4. The molecule has 120 valence electrons. The van der Waals surface area contributed by atoms with E-state index in [1.165, 1.54) is 23.4 Å². The van der Waals surface area contributed by atoms with Gasteiger partial charge >= 0.3 is 0 Å². The molecule has 0 saturated carbocycles. The summed E-state index contributed by atoms with van der Waals surface area (Å²) in [5.41, 5.74) is 3.50. The molecule has 0 aliphatic carbocycles. The molecule has 1 saturated heterocycles. The van der Waals surface area contributed by atoms with Crippen molar-refractivity contribution in [1.82, 2.24) is 9.88 Å². The van der Waals surface area contributed by atoms with Crippen molar-refractivity contribution in [3.8, 4) is 0 Å². The topological polar surface area (TPSA) is 53.2 Å². The second-order valence-electron chi connectivity index (χ2n) is 6.32. The Morgan fingerprint density at radius 1 is 1.17 bits per heavy atom. The number of pyridine rings is 1. The summed E-state index contributed by atoms with van der Waals surface area (Å²) in [6, 6.07) is 9.93. The van der Waals surface area contributed by atoms with Crippen molar-refractivity contribution in [2.45, 2.75) is 32.6 Å². The summed E-state index contributed by atoms with van der Waals surface area (Å²) in [7, 11) is 0. The minimum absolute atomic E-state index is 0.158. The first kappa shape index (κ1) is 15.5. The Balaban J connectivity index is 1.70. The molecule has 4 heteroatoms. The van der Waals surface area contributed by atoms with Crippen LogP contribution in [0.2, 0.25) is 0 Å². The van der Waals surface area contributed by atoms with Crippen LogP contribution in [0, 0.1) is 13.8 Å². The molecule has 1 fully saturated rings. The highest BCUT2D eigenvalue weighted by Gasteiger charge is 2.26. The number of piperidine rings is 1. The van der Waals surface area contributed by atoms with Crippen molar-refractivity contribution in [3.63, 3.8) is 0 Å². The fourth-order valence-electron chi connectivity index (χ4n) is 3.35. The lowest BCUT2D eigenvalue weighted by molar-refractivity contribution is 0.0711. The minimum Gasteiger partial charge on any atom is -0.364 e. The van der Waals surface area contributed by atoms with Gasteiger partial charge in [0.15, 0.2) is 5.43 Å². The minimum atomic E-state index is -0.202. The van der Waals surface area contributed by atoms with Crippen molar-refractivity contribution in [2.24, 2.45) is 0 Å². The number of hydrogen-bond donors (Lipinski definition) is 1. The first-order chi connectivity index (χ1) is 11.1. The second kappa shape index (κ2) is 6.41. The van der Waals surface area contributed by atoms with Crippen LogP contribution in [0.4, 0.5) is 0 Å². The average Bonchev–Trinajstić information content (AvgIpc) is 2.55. The summed E-state index contributed by atoms with van der Waals surface area (Å²) in [4.78, 5) is 29.3. The van der Waals surface area contributed by atoms with Gasteiger partial charge in [-0.05, 0) is 43.7 Å². The molecule has 4 nitrogen and oxygen atoms in total. The number of carbonyl (C=O) groups is 1. The Labute approximate surface area is 136 Å². The number of nitrogens with one attached hydrogen (secondary N) is 1. The maximum Gasteiger partial charge on any atom is 0.259 e. The van der Waals surface area contributed by atoms with Crippen molar-refractivity contribution >= 4 is 5.91 Å². The monoisotopic (exact) mass is 310 g/mol. The van der Waals surface area contributed by atoms with Gasteiger partial charge in [-0.15, -0.1) is 0 Å². The summed E-state index contributed by atoms with van der Waals surface area (Å²) in [6.07, 6.45) is 3.42. The van der Waals surface area contributed by atoms with E-state index in [-0.39, 0.29) is 16.9 Å². The number of benzene rings is 1. The third-order valence-electron chi connectivity index (χ3n) is 4.70. The van der Waals surface area contributed by atoms with Crippen molar-refractivity contribution < 1.29 is 4.79 Å². The fourth-order valence-corrected chi connectivity index (χ4v) is 3.35. The van der Waals surface area contributed by atoms with Crippen LogP contribution in [0.5, 0.6) is 0 Å². The standard InChI is InChI=1S/C19H22N2O2/c1-13-5-3-4-6-16(13)15-7-9-21(10-8-15)19(23)17-12-20-14(2)11-18(17)22/h3-6,11-12,15H,7-10H2,1-2H3,(H,20,22). The van der Waals surface area contributed by atoms with E-state index in [2.05, 4.69) is 36.2 Å². The van der Waals surface area contributed by atoms with Crippen LogP contribution in [0.15, 0.2) is 41.3 Å². The Morgan fingerprint density at radius 3 is 2.52 bits per heavy atom. The van der Waals surface area contributed by atoms with Gasteiger partial charge in [0.1, 0.15) is 5.56 Å². The molecule has 0 unspecified atom stereocenters. The van der Waals surface area contributed by atoms with Gasteiger partial charge in [-0.1, -0.05) is 24.3 Å². The highest BCUT2D eigenvalue weighted by molar-refractivity contribution is 5.93. The van der Waals surface area contributed by atoms with Crippen LogP contribution in [0.3, 0.4) is 0 Å². The summed E-state index contributed by atoms with van der Waals surface area (Å²) >= 11 is 0. The SMILES string of the molecule is Cc1cc(=O)c(C(=O)N2CCC(c3ccccc3C)CC2)c[nH]1. The first-order valence-electron chi connectivity index (χ1n) is 8.10. The predicted octanol–water partition coefficient (Wildman–Crippen LogP) is 3.01. The maximum atomic E-state index is 12.5. The molecule has 23 heavy (non-hydrogen) atoms. The van der Waals surface area contributed by atoms with Gasteiger partial charge in [0, 0.05) is 31.0 Å². The molecule has 0 atom stereocenters. The number of nitrogens with zero attached hydrogens (tertiary/aromatic N) is 1. The molecule has 1 aromatic heterocycles. The van der Waals surface area contributed by atoms with Crippen LogP contribution in [0.1, 0.15) is 45.9 Å². The summed E-state index contributed by atoms with van der Waals surface area (Å²) < 4.78 is 0. The van der Waals surface area contributed by atoms with E-state index in [0.29, 0.717) is 19.0 Å². The van der Waals surface area contributed by atoms with E-state index in [1.54, 1.807) is 4.90 Å². The van der Waals surface area contributed by atoms with Gasteiger partial charge in [-0.3, -0.25) is 9.59 Å². The molecule has 1 amide bonds. The quantitative estimate of drug-likeness (QED) is 0.927. The molecule has 3 rings (SSSR count). The number of hydrogen-bond acceptors (Lipinski definition) is 2. The lowest BCUT2D eigenvalue weighted by Gasteiger charge is -2.32. The Hall–Kier alpha value is -2.36. The first-order valence-corrected chi connectivity index (χ1v) is 8.10. The molecule has 0 spiro atoms. The third-order valence-corrected chi connectivity index (χ3v) is 4.70. The zero-order valence-corrected chi connectivity index (χ0v) is 13.6. The lowest BCUT2D eigenvalue weighted by atomic mass is 9.87. The van der Waals surface area contributed by atoms with Gasteiger partial charge in [0.05, 0.1) is 0 Å². The van der Waals surface area contributed by atoms with Gasteiger partial charge < -0.3 is 9.88 Å². The molecular weight excluding hydrogens is 288 g/mol. The van der Waals surface area contributed by atoms with Gasteiger partial charge in [0.25, 0.3) is 5.91 Å². The Kier molecular flexibility index (Phi) is 4.33.